The molecule has 0 aliphatic carbocycles. The van der Waals surface area contributed by atoms with E-state index in [-0.39, 0.29) is 17.5 Å². The minimum Gasteiger partial charge on any atom is -0.309 e. The number of piperazine rings is 1. The number of hydrogen-bond acceptors (Lipinski definition) is 2. The molecule has 1 fully saturated rings. The quantitative estimate of drug-likeness (QED) is 0.865. The van der Waals surface area contributed by atoms with E-state index >= 15 is 0 Å². The SMILES string of the molecule is Cc1ccc(N2CC(C)(C)NC(C)C2=O)cc1Br. The molecule has 1 aliphatic heterocycles. The zero-order valence-corrected chi connectivity index (χ0v) is 12.8. The molecule has 98 valence electrons. The van der Waals surface area contributed by atoms with Crippen molar-refractivity contribution in [2.45, 2.75) is 39.3 Å². The van der Waals surface area contributed by atoms with E-state index in [9.17, 15) is 4.79 Å². The maximum atomic E-state index is 12.3. The molecule has 4 heteroatoms. The first kappa shape index (κ1) is 13.6. The highest BCUT2D eigenvalue weighted by molar-refractivity contribution is 9.10. The zero-order valence-electron chi connectivity index (χ0n) is 11.2. The summed E-state index contributed by atoms with van der Waals surface area (Å²) < 4.78 is 1.04. The summed E-state index contributed by atoms with van der Waals surface area (Å²) in [5, 5.41) is 3.33. The van der Waals surface area contributed by atoms with Crippen molar-refractivity contribution in [3.8, 4) is 0 Å². The zero-order chi connectivity index (χ0) is 13.5. The van der Waals surface area contributed by atoms with E-state index < -0.39 is 0 Å². The van der Waals surface area contributed by atoms with Crippen LogP contribution in [-0.2, 0) is 4.79 Å². The summed E-state index contributed by atoms with van der Waals surface area (Å²) >= 11 is 3.52. The Morgan fingerprint density at radius 2 is 2.11 bits per heavy atom. The number of benzene rings is 1. The van der Waals surface area contributed by atoms with Crippen LogP contribution in [0.3, 0.4) is 0 Å². The Kier molecular flexibility index (Phi) is 3.52. The molecule has 1 aliphatic rings. The van der Waals surface area contributed by atoms with Crippen molar-refractivity contribution in [2.75, 3.05) is 11.4 Å². The molecule has 0 radical (unpaired) electrons. The molecule has 1 aromatic carbocycles. The highest BCUT2D eigenvalue weighted by Gasteiger charge is 2.36. The second-order valence-corrected chi connectivity index (χ2v) is 6.46. The summed E-state index contributed by atoms with van der Waals surface area (Å²) in [4.78, 5) is 14.1. The average Bonchev–Trinajstić information content (AvgIpc) is 2.27. The fourth-order valence-corrected chi connectivity index (χ4v) is 2.74. The molecular weight excluding hydrogens is 292 g/mol. The number of nitrogens with one attached hydrogen (secondary N) is 1. The van der Waals surface area contributed by atoms with E-state index in [1.807, 2.05) is 36.9 Å². The van der Waals surface area contributed by atoms with Crippen molar-refractivity contribution < 1.29 is 4.79 Å². The van der Waals surface area contributed by atoms with Crippen LogP contribution in [0.5, 0.6) is 0 Å². The van der Waals surface area contributed by atoms with Crippen molar-refractivity contribution >= 4 is 27.5 Å². The molecule has 0 saturated carbocycles. The third-order valence-corrected chi connectivity index (χ3v) is 4.12. The van der Waals surface area contributed by atoms with E-state index in [2.05, 4.69) is 35.1 Å². The highest BCUT2D eigenvalue weighted by Crippen LogP contribution is 2.27. The van der Waals surface area contributed by atoms with Gasteiger partial charge in [-0.15, -0.1) is 0 Å². The summed E-state index contributed by atoms with van der Waals surface area (Å²) in [5.41, 5.74) is 2.07. The van der Waals surface area contributed by atoms with E-state index in [1.54, 1.807) is 0 Å². The number of carbonyl (C=O) groups is 1. The summed E-state index contributed by atoms with van der Waals surface area (Å²) in [6.45, 7) is 8.88. The molecule has 1 unspecified atom stereocenters. The van der Waals surface area contributed by atoms with Crippen molar-refractivity contribution in [3.05, 3.63) is 28.2 Å². The molecule has 18 heavy (non-hydrogen) atoms. The molecule has 0 spiro atoms. The summed E-state index contributed by atoms with van der Waals surface area (Å²) in [6, 6.07) is 5.91. The summed E-state index contributed by atoms with van der Waals surface area (Å²) in [6.07, 6.45) is 0. The van der Waals surface area contributed by atoms with Gasteiger partial charge in [-0.05, 0) is 45.4 Å². The third-order valence-electron chi connectivity index (χ3n) is 3.26. The number of anilines is 1. The van der Waals surface area contributed by atoms with Crippen LogP contribution in [0.1, 0.15) is 26.3 Å². The average molecular weight is 311 g/mol. The van der Waals surface area contributed by atoms with Crippen LogP contribution in [0.15, 0.2) is 22.7 Å². The van der Waals surface area contributed by atoms with Gasteiger partial charge >= 0.3 is 0 Å². The van der Waals surface area contributed by atoms with Crippen LogP contribution in [0.4, 0.5) is 5.69 Å². The molecule has 2 rings (SSSR count). The molecule has 1 aromatic rings. The van der Waals surface area contributed by atoms with Gasteiger partial charge in [-0.1, -0.05) is 22.0 Å². The first-order valence-corrected chi connectivity index (χ1v) is 6.95. The predicted octanol–water partition coefficient (Wildman–Crippen LogP) is 2.86. The lowest BCUT2D eigenvalue weighted by Gasteiger charge is -2.42. The topological polar surface area (TPSA) is 32.3 Å². The molecule has 0 bridgehead atoms. The van der Waals surface area contributed by atoms with E-state index in [0.717, 1.165) is 10.2 Å². The van der Waals surface area contributed by atoms with Crippen molar-refractivity contribution in [1.82, 2.24) is 5.32 Å². The number of hydrogen-bond donors (Lipinski definition) is 1. The lowest BCUT2D eigenvalue weighted by atomic mass is 9.98. The Morgan fingerprint density at radius 3 is 2.72 bits per heavy atom. The molecule has 1 heterocycles. The maximum absolute atomic E-state index is 12.3. The molecule has 1 saturated heterocycles. The third kappa shape index (κ3) is 2.59. The standard InChI is InChI=1S/C14H19BrN2O/c1-9-5-6-11(7-12(9)15)17-8-14(3,4)16-10(2)13(17)18/h5-7,10,16H,8H2,1-4H3. The minimum atomic E-state index is -0.145. The van der Waals surface area contributed by atoms with Crippen molar-refractivity contribution in [2.24, 2.45) is 0 Å². The van der Waals surface area contributed by atoms with Gasteiger partial charge in [0.2, 0.25) is 5.91 Å². The molecule has 0 aromatic heterocycles. The summed E-state index contributed by atoms with van der Waals surface area (Å²) in [7, 11) is 0. The first-order chi connectivity index (χ1) is 8.30. The number of halogens is 1. The maximum Gasteiger partial charge on any atom is 0.243 e. The van der Waals surface area contributed by atoms with Crippen LogP contribution in [0.2, 0.25) is 0 Å². The van der Waals surface area contributed by atoms with Gasteiger partial charge in [0.15, 0.2) is 0 Å². The monoisotopic (exact) mass is 310 g/mol. The van der Waals surface area contributed by atoms with Gasteiger partial charge in [0, 0.05) is 22.2 Å². The Balaban J connectivity index is 2.35. The van der Waals surface area contributed by atoms with Crippen LogP contribution in [-0.4, -0.2) is 24.0 Å². The van der Waals surface area contributed by atoms with Crippen molar-refractivity contribution in [1.29, 1.82) is 0 Å². The largest absolute Gasteiger partial charge is 0.309 e. The van der Waals surface area contributed by atoms with Gasteiger partial charge < -0.3 is 4.90 Å². The van der Waals surface area contributed by atoms with E-state index in [1.165, 1.54) is 5.56 Å². The second kappa shape index (κ2) is 4.67. The Bertz CT molecular complexity index is 485. The number of rotatable bonds is 1. The number of amides is 1. The lowest BCUT2D eigenvalue weighted by Crippen LogP contribution is -2.64. The van der Waals surface area contributed by atoms with Crippen LogP contribution < -0.4 is 10.2 Å². The van der Waals surface area contributed by atoms with Crippen LogP contribution >= 0.6 is 15.9 Å². The number of carbonyl (C=O) groups excluding carboxylic acids is 1. The smallest absolute Gasteiger partial charge is 0.243 e. The fourth-order valence-electron chi connectivity index (χ4n) is 2.37. The van der Waals surface area contributed by atoms with Gasteiger partial charge in [-0.25, -0.2) is 0 Å². The van der Waals surface area contributed by atoms with E-state index in [0.29, 0.717) is 6.54 Å². The molecule has 1 atom stereocenters. The predicted molar refractivity (Wildman–Crippen MR) is 77.9 cm³/mol. The fraction of sp³-hybridized carbons (Fsp3) is 0.500. The number of nitrogens with zero attached hydrogens (tertiary/aromatic N) is 1. The molecule has 3 nitrogen and oxygen atoms in total. The normalized spacial score (nSPS) is 23.3. The van der Waals surface area contributed by atoms with Gasteiger partial charge in [0.25, 0.3) is 0 Å². The van der Waals surface area contributed by atoms with Gasteiger partial charge in [0.1, 0.15) is 0 Å². The Labute approximate surface area is 117 Å². The lowest BCUT2D eigenvalue weighted by molar-refractivity contribution is -0.122. The second-order valence-electron chi connectivity index (χ2n) is 5.61. The van der Waals surface area contributed by atoms with Crippen LogP contribution in [0, 0.1) is 6.92 Å². The van der Waals surface area contributed by atoms with Crippen LogP contribution in [0.25, 0.3) is 0 Å². The van der Waals surface area contributed by atoms with Crippen molar-refractivity contribution in [3.63, 3.8) is 0 Å². The van der Waals surface area contributed by atoms with E-state index in [4.69, 9.17) is 0 Å². The highest BCUT2D eigenvalue weighted by atomic mass is 79.9. The molecular formula is C14H19BrN2O. The van der Waals surface area contributed by atoms with Gasteiger partial charge in [-0.3, -0.25) is 10.1 Å². The summed E-state index contributed by atoms with van der Waals surface area (Å²) in [5.74, 6) is 0.130. The Morgan fingerprint density at radius 1 is 1.44 bits per heavy atom. The molecule has 1 amide bonds. The van der Waals surface area contributed by atoms with Gasteiger partial charge in [-0.2, -0.15) is 0 Å². The molecule has 1 N–H and O–H groups in total. The number of aryl methyl sites for hydroxylation is 1. The van der Waals surface area contributed by atoms with Gasteiger partial charge in [0.05, 0.1) is 6.04 Å². The first-order valence-electron chi connectivity index (χ1n) is 6.15. The Hall–Kier alpha value is -0.870. The minimum absolute atomic E-state index is 0.0648.